The van der Waals surface area contributed by atoms with E-state index in [1.54, 1.807) is 24.4 Å². The second kappa shape index (κ2) is 7.18. The van der Waals surface area contributed by atoms with Crippen molar-refractivity contribution in [1.29, 1.82) is 0 Å². The Bertz CT molecular complexity index is 618. The summed E-state index contributed by atoms with van der Waals surface area (Å²) in [5.74, 6) is 0.618. The molecule has 0 aliphatic heterocycles. The molecule has 2 N–H and O–H groups in total. The lowest BCUT2D eigenvalue weighted by Gasteiger charge is -2.07. The molecular formula is C14H17N5O2. The van der Waals surface area contributed by atoms with Gasteiger partial charge in [-0.15, -0.1) is 5.10 Å². The molecule has 0 fully saturated rings. The number of carbonyl (C=O) groups excluding carboxylic acids is 1. The van der Waals surface area contributed by atoms with Gasteiger partial charge in [-0.3, -0.25) is 0 Å². The first-order valence-corrected chi connectivity index (χ1v) is 6.62. The van der Waals surface area contributed by atoms with Gasteiger partial charge in [0.15, 0.2) is 5.82 Å². The second-order valence-corrected chi connectivity index (χ2v) is 4.29. The van der Waals surface area contributed by atoms with Gasteiger partial charge in [0.2, 0.25) is 5.95 Å². The highest BCUT2D eigenvalue weighted by atomic mass is 16.5. The van der Waals surface area contributed by atoms with Gasteiger partial charge < -0.3 is 15.4 Å². The summed E-state index contributed by atoms with van der Waals surface area (Å²) >= 11 is 0. The summed E-state index contributed by atoms with van der Waals surface area (Å²) in [6.45, 7) is 2.88. The number of carbonyl (C=O) groups is 1. The molecule has 0 radical (unpaired) electrons. The van der Waals surface area contributed by atoms with Gasteiger partial charge in [-0.1, -0.05) is 13.0 Å². The largest absolute Gasteiger partial charge is 0.465 e. The first-order valence-electron chi connectivity index (χ1n) is 6.62. The standard InChI is InChI=1S/C14H17N5O2/c1-3-7-15-12-9-16-19-14(18-12)17-11-6-4-5-10(8-11)13(20)21-2/h4-6,8-9H,3,7H2,1-2H3,(H2,15,17,18,19). The summed E-state index contributed by atoms with van der Waals surface area (Å²) in [4.78, 5) is 15.8. The molecule has 2 aromatic rings. The maximum Gasteiger partial charge on any atom is 0.337 e. The molecular weight excluding hydrogens is 270 g/mol. The smallest absolute Gasteiger partial charge is 0.337 e. The molecule has 0 atom stereocenters. The first-order chi connectivity index (χ1) is 10.2. The Labute approximate surface area is 122 Å². The number of hydrogen-bond acceptors (Lipinski definition) is 7. The van der Waals surface area contributed by atoms with E-state index >= 15 is 0 Å². The highest BCUT2D eigenvalue weighted by Gasteiger charge is 2.07. The zero-order chi connectivity index (χ0) is 15.1. The van der Waals surface area contributed by atoms with Crippen molar-refractivity contribution in [2.75, 3.05) is 24.3 Å². The fraction of sp³-hybridized carbons (Fsp3) is 0.286. The summed E-state index contributed by atoms with van der Waals surface area (Å²) in [6, 6.07) is 6.90. The van der Waals surface area contributed by atoms with Gasteiger partial charge in [-0.25, -0.2) is 4.79 Å². The number of esters is 1. The number of anilines is 3. The van der Waals surface area contributed by atoms with Gasteiger partial charge in [-0.05, 0) is 24.6 Å². The Morgan fingerprint density at radius 3 is 3.00 bits per heavy atom. The third-order valence-corrected chi connectivity index (χ3v) is 2.65. The van der Waals surface area contributed by atoms with Crippen molar-refractivity contribution in [3.63, 3.8) is 0 Å². The maximum absolute atomic E-state index is 11.5. The molecule has 1 aromatic carbocycles. The Morgan fingerprint density at radius 1 is 1.38 bits per heavy atom. The van der Waals surface area contributed by atoms with E-state index in [-0.39, 0.29) is 0 Å². The minimum atomic E-state index is -0.393. The van der Waals surface area contributed by atoms with E-state index in [9.17, 15) is 4.79 Å². The maximum atomic E-state index is 11.5. The van der Waals surface area contributed by atoms with Crippen molar-refractivity contribution in [2.45, 2.75) is 13.3 Å². The monoisotopic (exact) mass is 287 g/mol. The predicted octanol–water partition coefficient (Wildman–Crippen LogP) is 2.22. The predicted molar refractivity (Wildman–Crippen MR) is 79.7 cm³/mol. The molecule has 21 heavy (non-hydrogen) atoms. The van der Waals surface area contributed by atoms with Crippen LogP contribution in [0.25, 0.3) is 0 Å². The Morgan fingerprint density at radius 2 is 2.24 bits per heavy atom. The van der Waals surface area contributed by atoms with Gasteiger partial charge in [-0.2, -0.15) is 10.1 Å². The summed E-state index contributed by atoms with van der Waals surface area (Å²) < 4.78 is 4.68. The van der Waals surface area contributed by atoms with E-state index in [2.05, 4.69) is 37.5 Å². The number of nitrogens with one attached hydrogen (secondary N) is 2. The molecule has 0 saturated heterocycles. The van der Waals surface area contributed by atoms with E-state index < -0.39 is 5.97 Å². The molecule has 0 spiro atoms. The average Bonchev–Trinajstić information content (AvgIpc) is 2.53. The highest BCUT2D eigenvalue weighted by Crippen LogP contribution is 2.15. The van der Waals surface area contributed by atoms with Crippen LogP contribution in [-0.2, 0) is 4.74 Å². The van der Waals surface area contributed by atoms with E-state index in [0.29, 0.717) is 23.0 Å². The third kappa shape index (κ3) is 4.13. The average molecular weight is 287 g/mol. The quantitative estimate of drug-likeness (QED) is 0.787. The third-order valence-electron chi connectivity index (χ3n) is 2.65. The zero-order valence-electron chi connectivity index (χ0n) is 12.0. The molecule has 0 saturated carbocycles. The summed E-state index contributed by atoms with van der Waals surface area (Å²) in [7, 11) is 1.35. The van der Waals surface area contributed by atoms with Crippen LogP contribution >= 0.6 is 0 Å². The zero-order valence-corrected chi connectivity index (χ0v) is 12.0. The van der Waals surface area contributed by atoms with E-state index in [4.69, 9.17) is 0 Å². The van der Waals surface area contributed by atoms with Crippen LogP contribution in [0.3, 0.4) is 0 Å². The fourth-order valence-electron chi connectivity index (χ4n) is 1.67. The molecule has 2 rings (SSSR count). The molecule has 1 aromatic heterocycles. The summed E-state index contributed by atoms with van der Waals surface area (Å²) in [6.07, 6.45) is 2.56. The van der Waals surface area contributed by atoms with Gasteiger partial charge in [0.1, 0.15) is 0 Å². The van der Waals surface area contributed by atoms with Gasteiger partial charge in [0.05, 0.1) is 18.9 Å². The molecule has 7 heteroatoms. The van der Waals surface area contributed by atoms with Crippen LogP contribution in [0.4, 0.5) is 17.5 Å². The highest BCUT2D eigenvalue weighted by molar-refractivity contribution is 5.90. The number of nitrogens with zero attached hydrogens (tertiary/aromatic N) is 3. The number of rotatable bonds is 6. The van der Waals surface area contributed by atoms with Crippen molar-refractivity contribution in [3.05, 3.63) is 36.0 Å². The number of aromatic nitrogens is 3. The van der Waals surface area contributed by atoms with Crippen LogP contribution in [0.5, 0.6) is 0 Å². The number of ether oxygens (including phenoxy) is 1. The van der Waals surface area contributed by atoms with E-state index in [1.165, 1.54) is 7.11 Å². The van der Waals surface area contributed by atoms with Crippen molar-refractivity contribution < 1.29 is 9.53 Å². The van der Waals surface area contributed by atoms with Crippen molar-refractivity contribution in [3.8, 4) is 0 Å². The Hall–Kier alpha value is -2.70. The van der Waals surface area contributed by atoms with Crippen LogP contribution in [0.15, 0.2) is 30.5 Å². The molecule has 0 aliphatic carbocycles. The lowest BCUT2D eigenvalue weighted by Crippen LogP contribution is -2.06. The van der Waals surface area contributed by atoms with Crippen LogP contribution in [0.1, 0.15) is 23.7 Å². The Kier molecular flexibility index (Phi) is 5.03. The van der Waals surface area contributed by atoms with E-state index in [1.807, 2.05) is 6.07 Å². The summed E-state index contributed by atoms with van der Waals surface area (Å²) in [5.41, 5.74) is 1.14. The SMILES string of the molecule is CCCNc1cnnc(Nc2cccc(C(=O)OC)c2)n1. The molecule has 1 heterocycles. The summed E-state index contributed by atoms with van der Waals surface area (Å²) in [5, 5.41) is 13.9. The number of hydrogen-bond donors (Lipinski definition) is 2. The second-order valence-electron chi connectivity index (χ2n) is 4.29. The van der Waals surface area contributed by atoms with Crippen molar-refractivity contribution >= 4 is 23.4 Å². The molecule has 110 valence electrons. The minimum Gasteiger partial charge on any atom is -0.465 e. The lowest BCUT2D eigenvalue weighted by atomic mass is 10.2. The molecule has 0 unspecified atom stereocenters. The minimum absolute atomic E-state index is 0.359. The first kappa shape index (κ1) is 14.7. The van der Waals surface area contributed by atoms with Crippen LogP contribution in [-0.4, -0.2) is 34.8 Å². The van der Waals surface area contributed by atoms with Gasteiger partial charge in [0, 0.05) is 12.2 Å². The molecule has 0 amide bonds. The molecule has 7 nitrogen and oxygen atoms in total. The van der Waals surface area contributed by atoms with E-state index in [0.717, 1.165) is 13.0 Å². The lowest BCUT2D eigenvalue weighted by molar-refractivity contribution is 0.0601. The number of methoxy groups -OCH3 is 1. The van der Waals surface area contributed by atoms with Crippen LogP contribution in [0.2, 0.25) is 0 Å². The topological polar surface area (TPSA) is 89.0 Å². The molecule has 0 bridgehead atoms. The van der Waals surface area contributed by atoms with Gasteiger partial charge >= 0.3 is 5.97 Å². The molecule has 0 aliphatic rings. The van der Waals surface area contributed by atoms with Crippen LogP contribution < -0.4 is 10.6 Å². The van der Waals surface area contributed by atoms with Crippen LogP contribution in [0, 0.1) is 0 Å². The van der Waals surface area contributed by atoms with Gasteiger partial charge in [0.25, 0.3) is 0 Å². The normalized spacial score (nSPS) is 10.0. The number of benzene rings is 1. The fourth-order valence-corrected chi connectivity index (χ4v) is 1.67. The van der Waals surface area contributed by atoms with Crippen molar-refractivity contribution in [1.82, 2.24) is 15.2 Å². The van der Waals surface area contributed by atoms with Crippen molar-refractivity contribution in [2.24, 2.45) is 0 Å². The Balaban J connectivity index is 2.12.